The van der Waals surface area contributed by atoms with E-state index in [4.69, 9.17) is 14.5 Å². The Morgan fingerprint density at radius 2 is 1.98 bits per heavy atom. The summed E-state index contributed by atoms with van der Waals surface area (Å²) in [7, 11) is -1.54. The molecule has 3 saturated heterocycles. The van der Waals surface area contributed by atoms with Crippen LogP contribution >= 0.6 is 0 Å². The minimum atomic E-state index is -3.06. The first-order valence-electron chi connectivity index (χ1n) is 15.0. The number of benzene rings is 1. The number of anilines is 4. The van der Waals surface area contributed by atoms with E-state index >= 15 is 0 Å². The van der Waals surface area contributed by atoms with Crippen LogP contribution in [0, 0.1) is 5.92 Å². The molecule has 6 rings (SSSR count). The van der Waals surface area contributed by atoms with Crippen molar-refractivity contribution in [1.29, 1.82) is 0 Å². The number of fused-ring (bicyclic) bond motifs is 1. The van der Waals surface area contributed by atoms with Crippen molar-refractivity contribution in [2.75, 3.05) is 73.6 Å². The van der Waals surface area contributed by atoms with Crippen molar-refractivity contribution in [2.45, 2.75) is 30.7 Å². The van der Waals surface area contributed by atoms with Gasteiger partial charge in [0.05, 0.1) is 37.7 Å². The van der Waals surface area contributed by atoms with Gasteiger partial charge in [0.1, 0.15) is 27.6 Å². The van der Waals surface area contributed by atoms with Gasteiger partial charge in [-0.2, -0.15) is 4.98 Å². The van der Waals surface area contributed by atoms with Crippen molar-refractivity contribution >= 4 is 49.8 Å². The summed E-state index contributed by atoms with van der Waals surface area (Å²) in [5, 5.41) is 8.12. The number of aromatic nitrogens is 3. The lowest BCUT2D eigenvalue weighted by Crippen LogP contribution is -2.49. The lowest BCUT2D eigenvalue weighted by Gasteiger charge is -2.41. The summed E-state index contributed by atoms with van der Waals surface area (Å²) < 4.78 is 49.3. The molecule has 0 bridgehead atoms. The molecular weight excluding hydrogens is 601 g/mol. The lowest BCUT2D eigenvalue weighted by atomic mass is 9.89. The molecule has 12 nitrogen and oxygen atoms in total. The van der Waals surface area contributed by atoms with E-state index in [1.165, 1.54) is 19.4 Å². The van der Waals surface area contributed by atoms with E-state index in [-0.39, 0.29) is 36.1 Å². The Kier molecular flexibility index (Phi) is 8.89. The van der Waals surface area contributed by atoms with Crippen molar-refractivity contribution < 1.29 is 27.1 Å². The maximum atomic E-state index is 14.6. The zero-order chi connectivity index (χ0) is 31.7. The first kappa shape index (κ1) is 31.1. The minimum absolute atomic E-state index is 0.0743. The van der Waals surface area contributed by atoms with E-state index in [1.807, 2.05) is 17.0 Å². The van der Waals surface area contributed by atoms with Gasteiger partial charge in [-0.25, -0.2) is 22.8 Å². The third-order valence-corrected chi connectivity index (χ3v) is 9.78. The fourth-order valence-electron chi connectivity index (χ4n) is 6.49. The van der Waals surface area contributed by atoms with Gasteiger partial charge in [-0.05, 0) is 41.6 Å². The highest BCUT2D eigenvalue weighted by Crippen LogP contribution is 2.39. The smallest absolute Gasteiger partial charge is 0.243 e. The molecule has 3 fully saturated rings. The normalized spacial score (nSPS) is 24.0. The number of rotatable bonds is 10. The number of nitrogens with zero attached hydrogens (tertiary/aromatic N) is 5. The summed E-state index contributed by atoms with van der Waals surface area (Å²) in [5.74, 6) is 1.36. The highest BCUT2D eigenvalue weighted by Gasteiger charge is 2.35. The standard InChI is InChI=1S/C31H38FN7O5S/c1-4-30(40)35-25-17-44-16-23(25)20-5-6-26(39-13-19(14-39)18-45(3,41)42)22-12-34-29(11-21(20)22)36-28-7-9-33-31(37-28)38-10-8-27(43-2)24(32)15-38/h4-7,9,11-12,19,23-25,27H,1,8,10,13-18H2,2-3H3,(H,35,40)(H,33,34,36,37)/t23-,24-,25-,27+/m0/s1. The second-order valence-electron chi connectivity index (χ2n) is 12.0. The Hall–Kier alpha value is -3.88. The number of carbonyl (C=O) groups excluding carboxylic acids is 1. The van der Waals surface area contributed by atoms with Crippen molar-refractivity contribution in [3.8, 4) is 0 Å². The average molecular weight is 640 g/mol. The fourth-order valence-corrected chi connectivity index (χ4v) is 7.56. The Balaban J connectivity index is 1.30. The van der Waals surface area contributed by atoms with E-state index in [9.17, 15) is 17.6 Å². The highest BCUT2D eigenvalue weighted by atomic mass is 32.2. The summed E-state index contributed by atoms with van der Waals surface area (Å²) in [6.07, 6.45) is 4.94. The second-order valence-corrected chi connectivity index (χ2v) is 14.2. The Morgan fingerprint density at radius 3 is 2.71 bits per heavy atom. The second kappa shape index (κ2) is 12.9. The van der Waals surface area contributed by atoms with Crippen LogP contribution in [0.3, 0.4) is 0 Å². The number of carbonyl (C=O) groups is 1. The van der Waals surface area contributed by atoms with Gasteiger partial charge < -0.3 is 29.9 Å². The zero-order valence-corrected chi connectivity index (χ0v) is 26.2. The molecule has 2 N–H and O–H groups in total. The number of hydrogen-bond donors (Lipinski definition) is 2. The third kappa shape index (κ3) is 6.87. The van der Waals surface area contributed by atoms with Crippen molar-refractivity contribution in [2.24, 2.45) is 5.92 Å². The zero-order valence-electron chi connectivity index (χ0n) is 25.4. The van der Waals surface area contributed by atoms with E-state index < -0.39 is 22.1 Å². The van der Waals surface area contributed by atoms with Crippen LogP contribution < -0.4 is 20.4 Å². The summed E-state index contributed by atoms with van der Waals surface area (Å²) in [4.78, 5) is 29.9. The quantitative estimate of drug-likeness (QED) is 0.317. The number of hydrogen-bond acceptors (Lipinski definition) is 11. The number of amides is 1. The van der Waals surface area contributed by atoms with Crippen LogP contribution in [0.25, 0.3) is 10.8 Å². The molecule has 240 valence electrons. The van der Waals surface area contributed by atoms with Gasteiger partial charge in [-0.1, -0.05) is 12.6 Å². The molecule has 3 aromatic rings. The molecule has 1 amide bonds. The maximum Gasteiger partial charge on any atom is 0.243 e. The number of methoxy groups -OCH3 is 1. The molecule has 45 heavy (non-hydrogen) atoms. The molecular formula is C31H38FN7O5S. The molecule has 4 atom stereocenters. The predicted octanol–water partition coefficient (Wildman–Crippen LogP) is 2.60. The highest BCUT2D eigenvalue weighted by molar-refractivity contribution is 7.90. The van der Waals surface area contributed by atoms with Gasteiger partial charge in [0.2, 0.25) is 11.9 Å². The minimum Gasteiger partial charge on any atom is -0.379 e. The third-order valence-electron chi connectivity index (χ3n) is 8.71. The number of ether oxygens (including phenoxy) is 2. The van der Waals surface area contributed by atoms with E-state index in [0.717, 1.165) is 22.0 Å². The average Bonchev–Trinajstić information content (AvgIpc) is 3.45. The fraction of sp³-hybridized carbons (Fsp3) is 0.484. The van der Waals surface area contributed by atoms with Crippen LogP contribution in [0.5, 0.6) is 0 Å². The van der Waals surface area contributed by atoms with Gasteiger partial charge in [-0.15, -0.1) is 0 Å². The number of halogens is 1. The molecule has 0 radical (unpaired) electrons. The molecule has 1 aromatic carbocycles. The monoisotopic (exact) mass is 639 g/mol. The van der Waals surface area contributed by atoms with Crippen LogP contribution in [-0.2, 0) is 24.1 Å². The molecule has 0 unspecified atom stereocenters. The molecule has 14 heteroatoms. The summed E-state index contributed by atoms with van der Waals surface area (Å²) in [6.45, 7) is 6.40. The molecule has 0 aliphatic carbocycles. The molecule has 5 heterocycles. The van der Waals surface area contributed by atoms with Crippen LogP contribution in [0.1, 0.15) is 17.9 Å². The van der Waals surface area contributed by atoms with E-state index in [0.29, 0.717) is 56.9 Å². The molecule has 3 aliphatic rings. The van der Waals surface area contributed by atoms with Crippen LogP contribution in [-0.4, -0.2) is 106 Å². The number of pyridine rings is 1. The number of sulfone groups is 1. The lowest BCUT2D eigenvalue weighted by molar-refractivity contribution is -0.117. The van der Waals surface area contributed by atoms with E-state index in [1.54, 1.807) is 18.5 Å². The number of nitrogens with one attached hydrogen (secondary N) is 2. The Morgan fingerprint density at radius 1 is 1.16 bits per heavy atom. The van der Waals surface area contributed by atoms with Crippen LogP contribution in [0.15, 0.2) is 49.3 Å². The van der Waals surface area contributed by atoms with E-state index in [2.05, 4.69) is 38.1 Å². The molecule has 0 spiro atoms. The number of piperidine rings is 1. The van der Waals surface area contributed by atoms with Crippen LogP contribution in [0.2, 0.25) is 0 Å². The van der Waals surface area contributed by atoms with Crippen LogP contribution in [0.4, 0.5) is 27.7 Å². The molecule has 0 saturated carbocycles. The first-order valence-corrected chi connectivity index (χ1v) is 17.1. The molecule has 2 aromatic heterocycles. The topological polar surface area (TPSA) is 139 Å². The largest absolute Gasteiger partial charge is 0.379 e. The van der Waals surface area contributed by atoms with Gasteiger partial charge in [-0.3, -0.25) is 4.79 Å². The predicted molar refractivity (Wildman–Crippen MR) is 171 cm³/mol. The van der Waals surface area contributed by atoms with Crippen molar-refractivity contribution in [1.82, 2.24) is 20.3 Å². The van der Waals surface area contributed by atoms with Crippen molar-refractivity contribution in [3.63, 3.8) is 0 Å². The number of alkyl halides is 1. The van der Waals surface area contributed by atoms with Gasteiger partial charge in [0.15, 0.2) is 0 Å². The molecule has 3 aliphatic heterocycles. The Labute approximate surface area is 261 Å². The summed E-state index contributed by atoms with van der Waals surface area (Å²) in [5.41, 5.74) is 1.96. The van der Waals surface area contributed by atoms with Crippen molar-refractivity contribution in [3.05, 3.63) is 54.9 Å². The summed E-state index contributed by atoms with van der Waals surface area (Å²) in [6, 6.07) is 7.54. The van der Waals surface area contributed by atoms with Gasteiger partial charge in [0.25, 0.3) is 0 Å². The SMILES string of the molecule is C=CC(=O)N[C@H]1COC[C@H]1c1ccc(N2CC(CS(C)(=O)=O)C2)c2cnc(Nc3ccnc(N4CC[C@@H](OC)[C@@H](F)C4)n3)cc12. The van der Waals surface area contributed by atoms with Gasteiger partial charge in [0, 0.05) is 68.3 Å². The Bertz CT molecular complexity index is 1690. The summed E-state index contributed by atoms with van der Waals surface area (Å²) >= 11 is 0. The van der Waals surface area contributed by atoms with Gasteiger partial charge >= 0.3 is 0 Å². The maximum absolute atomic E-state index is 14.6. The first-order chi connectivity index (χ1) is 21.6.